The summed E-state index contributed by atoms with van der Waals surface area (Å²) in [5, 5.41) is 10.4. The van der Waals surface area contributed by atoms with Crippen LogP contribution in [-0.2, 0) is 25.6 Å². The normalized spacial score (nSPS) is 28.3. The van der Waals surface area contributed by atoms with Crippen molar-refractivity contribution >= 4 is 62.5 Å². The Morgan fingerprint density at radius 1 is 0.979 bits per heavy atom. The third-order valence-electron chi connectivity index (χ3n) is 10.6. The maximum Gasteiger partial charge on any atom is 0.241 e. The number of phenols is 1. The number of anilines is 2. The molecule has 0 bridgehead atoms. The van der Waals surface area contributed by atoms with E-state index in [1.807, 2.05) is 25.1 Å². The molecule has 3 fully saturated rings. The van der Waals surface area contributed by atoms with Crippen molar-refractivity contribution in [3.05, 3.63) is 92.7 Å². The molecule has 2 saturated heterocycles. The standard InChI is InChI=1S/C36H31BrClFN2O6/c1-4-17-5-7-19(8-6-17)40-32(43)22-11-10-21-23(29(22)34(40)45)16-24-33(44)41(20-9-12-27(39)26(38)15-20)35(46)36(24,2)30(21)18-13-25(37)31(42)28(14-18)47-3/h5-10,12-15,22-24,29-30,42H,4,11,16H2,1-3H3/t22-,23+,24-,29-,30-,36+/m0/s1. The van der Waals surface area contributed by atoms with E-state index in [2.05, 4.69) is 15.9 Å². The van der Waals surface area contributed by atoms with Crippen LogP contribution in [0.25, 0.3) is 0 Å². The summed E-state index contributed by atoms with van der Waals surface area (Å²) in [5.41, 5.74) is 1.77. The van der Waals surface area contributed by atoms with Crippen LogP contribution in [0.15, 0.2) is 70.7 Å². The smallest absolute Gasteiger partial charge is 0.241 e. The number of methoxy groups -OCH3 is 1. The number of hydrogen-bond acceptors (Lipinski definition) is 6. The lowest BCUT2D eigenvalue weighted by molar-refractivity contribution is -0.131. The molecule has 47 heavy (non-hydrogen) atoms. The van der Waals surface area contributed by atoms with Crippen molar-refractivity contribution in [1.82, 2.24) is 0 Å². The molecule has 242 valence electrons. The zero-order valence-electron chi connectivity index (χ0n) is 25.8. The third kappa shape index (κ3) is 4.51. The Morgan fingerprint density at radius 2 is 1.68 bits per heavy atom. The number of hydrogen-bond donors (Lipinski definition) is 1. The van der Waals surface area contributed by atoms with E-state index < -0.39 is 52.6 Å². The van der Waals surface area contributed by atoms with Crippen molar-refractivity contribution in [1.29, 1.82) is 0 Å². The Balaban J connectivity index is 1.38. The van der Waals surface area contributed by atoms with Crippen LogP contribution >= 0.6 is 27.5 Å². The van der Waals surface area contributed by atoms with Gasteiger partial charge < -0.3 is 9.84 Å². The molecule has 1 N–H and O–H groups in total. The first-order valence-corrected chi connectivity index (χ1v) is 16.7. The summed E-state index contributed by atoms with van der Waals surface area (Å²) in [6.45, 7) is 3.77. The number of carbonyl (C=O) groups excluding carboxylic acids is 4. The fourth-order valence-corrected chi connectivity index (χ4v) is 8.95. The first kappa shape index (κ1) is 31.6. The second-order valence-corrected chi connectivity index (χ2v) is 14.1. The van der Waals surface area contributed by atoms with E-state index in [9.17, 15) is 28.7 Å². The second kappa shape index (κ2) is 11.3. The fourth-order valence-electron chi connectivity index (χ4n) is 8.32. The quantitative estimate of drug-likeness (QED) is 0.226. The summed E-state index contributed by atoms with van der Waals surface area (Å²) in [7, 11) is 1.42. The lowest BCUT2D eigenvalue weighted by Gasteiger charge is -2.49. The molecular formula is C36H31BrClFN2O6. The predicted octanol–water partition coefficient (Wildman–Crippen LogP) is 6.95. The molecular weight excluding hydrogens is 691 g/mol. The van der Waals surface area contributed by atoms with E-state index in [0.29, 0.717) is 15.7 Å². The molecule has 4 amide bonds. The van der Waals surface area contributed by atoms with Gasteiger partial charge in [0.1, 0.15) is 5.82 Å². The van der Waals surface area contributed by atoms with Crippen LogP contribution in [-0.4, -0.2) is 35.8 Å². The first-order valence-electron chi connectivity index (χ1n) is 15.5. The number of aryl methyl sites for hydroxylation is 1. The maximum atomic E-state index is 14.6. The van der Waals surface area contributed by atoms with E-state index in [1.54, 1.807) is 31.2 Å². The van der Waals surface area contributed by atoms with Gasteiger partial charge in [0.25, 0.3) is 0 Å². The molecule has 1 saturated carbocycles. The number of aromatic hydroxyl groups is 1. The molecule has 0 aromatic heterocycles. The molecule has 7 rings (SSSR count). The van der Waals surface area contributed by atoms with Crippen molar-refractivity contribution in [2.24, 2.45) is 29.1 Å². The number of ether oxygens (including phenoxy) is 1. The van der Waals surface area contributed by atoms with Crippen molar-refractivity contribution in [2.45, 2.75) is 39.0 Å². The van der Waals surface area contributed by atoms with Gasteiger partial charge >= 0.3 is 0 Å². The second-order valence-electron chi connectivity index (χ2n) is 12.8. The Bertz CT molecular complexity index is 1910. The van der Waals surface area contributed by atoms with Gasteiger partial charge in [-0.05, 0) is 102 Å². The highest BCUT2D eigenvalue weighted by molar-refractivity contribution is 9.10. The van der Waals surface area contributed by atoms with Gasteiger partial charge in [-0.3, -0.25) is 24.1 Å². The van der Waals surface area contributed by atoms with Crippen LogP contribution in [0.4, 0.5) is 15.8 Å². The number of allylic oxidation sites excluding steroid dienone is 2. The fraction of sp³-hybridized carbons (Fsp3) is 0.333. The number of fused-ring (bicyclic) bond motifs is 4. The first-order chi connectivity index (χ1) is 22.4. The van der Waals surface area contributed by atoms with E-state index in [1.165, 1.54) is 24.1 Å². The highest BCUT2D eigenvalue weighted by Crippen LogP contribution is 2.64. The van der Waals surface area contributed by atoms with Crippen LogP contribution in [0.2, 0.25) is 5.02 Å². The zero-order valence-corrected chi connectivity index (χ0v) is 28.1. The largest absolute Gasteiger partial charge is 0.503 e. The average molecular weight is 722 g/mol. The minimum Gasteiger partial charge on any atom is -0.503 e. The summed E-state index contributed by atoms with van der Waals surface area (Å²) in [5.74, 6) is -5.72. The van der Waals surface area contributed by atoms with Gasteiger partial charge in [-0.15, -0.1) is 0 Å². The van der Waals surface area contributed by atoms with Crippen LogP contribution in [0, 0.1) is 34.9 Å². The highest BCUT2D eigenvalue weighted by atomic mass is 79.9. The number of phenolic OH excluding ortho intramolecular Hbond substituents is 1. The Kier molecular flexibility index (Phi) is 7.59. The lowest BCUT2D eigenvalue weighted by Crippen LogP contribution is -2.48. The summed E-state index contributed by atoms with van der Waals surface area (Å²) in [6.07, 6.45) is 3.22. The van der Waals surface area contributed by atoms with Crippen molar-refractivity contribution in [3.63, 3.8) is 0 Å². The Labute approximate surface area is 284 Å². The van der Waals surface area contributed by atoms with Crippen LogP contribution < -0.4 is 14.5 Å². The van der Waals surface area contributed by atoms with Gasteiger partial charge in [-0.2, -0.15) is 0 Å². The van der Waals surface area contributed by atoms with Gasteiger partial charge in [0.15, 0.2) is 11.5 Å². The van der Waals surface area contributed by atoms with E-state index >= 15 is 0 Å². The number of imide groups is 2. The minimum atomic E-state index is -1.34. The highest BCUT2D eigenvalue weighted by Gasteiger charge is 2.67. The van der Waals surface area contributed by atoms with Crippen molar-refractivity contribution < 1.29 is 33.4 Å². The maximum absolute atomic E-state index is 14.6. The summed E-state index contributed by atoms with van der Waals surface area (Å²) in [6, 6.07) is 14.4. The van der Waals surface area contributed by atoms with Crippen LogP contribution in [0.5, 0.6) is 11.5 Å². The Hall–Kier alpha value is -4.02. The molecule has 8 nitrogen and oxygen atoms in total. The third-order valence-corrected chi connectivity index (χ3v) is 11.5. The monoisotopic (exact) mass is 720 g/mol. The number of nitrogens with zero attached hydrogens (tertiary/aromatic N) is 2. The molecule has 3 aromatic carbocycles. The van der Waals surface area contributed by atoms with Crippen LogP contribution in [0.1, 0.15) is 43.7 Å². The molecule has 0 spiro atoms. The molecule has 11 heteroatoms. The SMILES string of the molecule is CCc1ccc(N2C(=O)[C@H]3[C@H](CC=C4[C@H]3C[C@H]3C(=O)N(c5ccc(F)c(Cl)c5)C(=O)[C@@]3(C)[C@H]4c3cc(Br)c(O)c(OC)c3)C2=O)cc1. The molecule has 2 heterocycles. The van der Waals surface area contributed by atoms with E-state index in [4.69, 9.17) is 16.3 Å². The topological polar surface area (TPSA) is 104 Å². The molecule has 4 aliphatic rings. The van der Waals surface area contributed by atoms with E-state index in [0.717, 1.165) is 28.5 Å². The average Bonchev–Trinajstić information content (AvgIpc) is 3.43. The molecule has 3 aromatic rings. The zero-order chi connectivity index (χ0) is 33.5. The number of halogens is 3. The minimum absolute atomic E-state index is 0.124. The summed E-state index contributed by atoms with van der Waals surface area (Å²) < 4.78 is 19.9. The summed E-state index contributed by atoms with van der Waals surface area (Å²) in [4.78, 5) is 59.4. The van der Waals surface area contributed by atoms with Gasteiger partial charge in [0, 0.05) is 5.92 Å². The molecule has 6 atom stereocenters. The van der Waals surface area contributed by atoms with Gasteiger partial charge in [-0.25, -0.2) is 9.29 Å². The van der Waals surface area contributed by atoms with Gasteiger partial charge in [0.05, 0.1) is 51.1 Å². The molecule has 2 aliphatic heterocycles. The van der Waals surface area contributed by atoms with Gasteiger partial charge in [-0.1, -0.05) is 42.3 Å². The number of amides is 4. The predicted molar refractivity (Wildman–Crippen MR) is 177 cm³/mol. The number of carbonyl (C=O) groups is 4. The molecule has 0 unspecified atom stereocenters. The molecule has 0 radical (unpaired) electrons. The number of rotatable bonds is 5. The van der Waals surface area contributed by atoms with Crippen molar-refractivity contribution in [2.75, 3.05) is 16.9 Å². The van der Waals surface area contributed by atoms with Crippen LogP contribution in [0.3, 0.4) is 0 Å². The number of benzene rings is 3. The van der Waals surface area contributed by atoms with Crippen molar-refractivity contribution in [3.8, 4) is 11.5 Å². The lowest BCUT2D eigenvalue weighted by atomic mass is 9.51. The van der Waals surface area contributed by atoms with E-state index in [-0.39, 0.29) is 46.9 Å². The van der Waals surface area contributed by atoms with Gasteiger partial charge in [0.2, 0.25) is 23.6 Å². The summed E-state index contributed by atoms with van der Waals surface area (Å²) >= 11 is 9.50. The Morgan fingerprint density at radius 3 is 2.34 bits per heavy atom. The molecule has 2 aliphatic carbocycles.